The van der Waals surface area contributed by atoms with Crippen molar-refractivity contribution in [1.29, 1.82) is 0 Å². The van der Waals surface area contributed by atoms with Gasteiger partial charge in [0.15, 0.2) is 6.61 Å². The number of nitro benzene ring substituents is 1. The van der Waals surface area contributed by atoms with E-state index >= 15 is 0 Å². The van der Waals surface area contributed by atoms with Crippen LogP contribution in [0.1, 0.15) is 15.9 Å². The summed E-state index contributed by atoms with van der Waals surface area (Å²) < 4.78 is 10.8. The quantitative estimate of drug-likeness (QED) is 0.311. The minimum atomic E-state index is -0.760. The van der Waals surface area contributed by atoms with Gasteiger partial charge >= 0.3 is 5.97 Å². The van der Waals surface area contributed by atoms with Crippen LogP contribution in [0, 0.1) is 10.1 Å². The summed E-state index contributed by atoms with van der Waals surface area (Å²) in [5.41, 5.74) is 0.659. The van der Waals surface area contributed by atoms with Crippen molar-refractivity contribution in [2.75, 3.05) is 11.9 Å². The summed E-state index contributed by atoms with van der Waals surface area (Å²) in [6.45, 7) is -0.377. The number of hydrogen-bond acceptors (Lipinski definition) is 6. The second kappa shape index (κ2) is 10.2. The summed E-state index contributed by atoms with van der Waals surface area (Å²) in [5.74, 6) is -1.18. The van der Waals surface area contributed by atoms with Crippen molar-refractivity contribution in [2.45, 2.75) is 6.61 Å². The fourth-order valence-electron chi connectivity index (χ4n) is 2.65. The van der Waals surface area contributed by atoms with Gasteiger partial charge in [0.1, 0.15) is 23.6 Å². The van der Waals surface area contributed by atoms with E-state index in [1.807, 2.05) is 30.3 Å². The van der Waals surface area contributed by atoms with Crippen LogP contribution < -0.4 is 10.1 Å². The number of halogens is 1. The van der Waals surface area contributed by atoms with E-state index in [1.54, 1.807) is 18.2 Å². The number of anilines is 1. The van der Waals surface area contributed by atoms with Crippen LogP contribution in [0.15, 0.2) is 72.8 Å². The normalized spacial score (nSPS) is 10.2. The predicted molar refractivity (Wildman–Crippen MR) is 114 cm³/mol. The SMILES string of the molecule is O=C(COC(=O)c1ccccc1OCc1ccccc1)Nc1ccc(Cl)cc1[N+](=O)[O-]. The molecule has 1 N–H and O–H groups in total. The van der Waals surface area contributed by atoms with Crippen LogP contribution in [-0.4, -0.2) is 23.4 Å². The molecule has 0 atom stereocenters. The van der Waals surface area contributed by atoms with E-state index in [2.05, 4.69) is 5.32 Å². The fraction of sp³-hybridized carbons (Fsp3) is 0.0909. The van der Waals surface area contributed by atoms with Crippen LogP contribution >= 0.6 is 11.6 Å². The van der Waals surface area contributed by atoms with Gasteiger partial charge in [-0.15, -0.1) is 0 Å². The maximum Gasteiger partial charge on any atom is 0.342 e. The van der Waals surface area contributed by atoms with Gasteiger partial charge < -0.3 is 14.8 Å². The van der Waals surface area contributed by atoms with Crippen LogP contribution in [0.2, 0.25) is 5.02 Å². The Labute approximate surface area is 182 Å². The first-order valence-corrected chi connectivity index (χ1v) is 9.48. The van der Waals surface area contributed by atoms with Gasteiger partial charge in [0, 0.05) is 11.1 Å². The second-order valence-electron chi connectivity index (χ2n) is 6.31. The number of nitro groups is 1. The number of carbonyl (C=O) groups is 2. The summed E-state index contributed by atoms with van der Waals surface area (Å²) in [5, 5.41) is 13.6. The monoisotopic (exact) mass is 440 g/mol. The third kappa shape index (κ3) is 6.03. The lowest BCUT2D eigenvalue weighted by atomic mass is 10.2. The summed E-state index contributed by atoms with van der Waals surface area (Å²) in [6.07, 6.45) is 0. The molecule has 3 rings (SSSR count). The minimum Gasteiger partial charge on any atom is -0.488 e. The lowest BCUT2D eigenvalue weighted by Crippen LogP contribution is -2.21. The Morgan fingerprint density at radius 1 is 1.00 bits per heavy atom. The number of esters is 1. The van der Waals surface area contributed by atoms with E-state index in [1.165, 1.54) is 18.2 Å². The Bertz CT molecular complexity index is 1100. The molecule has 0 aliphatic rings. The number of para-hydroxylation sites is 1. The topological polar surface area (TPSA) is 108 Å². The Morgan fingerprint density at radius 2 is 1.71 bits per heavy atom. The molecule has 0 bridgehead atoms. The summed E-state index contributed by atoms with van der Waals surface area (Å²) in [7, 11) is 0. The number of nitrogens with zero attached hydrogens (tertiary/aromatic N) is 1. The summed E-state index contributed by atoms with van der Waals surface area (Å²) in [4.78, 5) is 35.0. The Balaban J connectivity index is 1.61. The lowest BCUT2D eigenvalue weighted by Gasteiger charge is -2.11. The maximum absolute atomic E-state index is 12.4. The van der Waals surface area contributed by atoms with Gasteiger partial charge in [0.25, 0.3) is 11.6 Å². The van der Waals surface area contributed by atoms with E-state index < -0.39 is 23.4 Å². The van der Waals surface area contributed by atoms with Gasteiger partial charge in [-0.05, 0) is 29.8 Å². The van der Waals surface area contributed by atoms with Crippen molar-refractivity contribution in [2.24, 2.45) is 0 Å². The highest BCUT2D eigenvalue weighted by atomic mass is 35.5. The van der Waals surface area contributed by atoms with Gasteiger partial charge in [-0.3, -0.25) is 14.9 Å². The molecule has 0 aliphatic heterocycles. The molecular formula is C22H17ClN2O6. The molecule has 0 saturated heterocycles. The highest BCUT2D eigenvalue weighted by Gasteiger charge is 2.19. The first-order chi connectivity index (χ1) is 14.9. The van der Waals surface area contributed by atoms with Crippen LogP contribution in [0.3, 0.4) is 0 Å². The van der Waals surface area contributed by atoms with Crippen LogP contribution in [-0.2, 0) is 16.1 Å². The van der Waals surface area contributed by atoms with Crippen molar-refractivity contribution in [3.63, 3.8) is 0 Å². The number of nitrogens with one attached hydrogen (secondary N) is 1. The lowest BCUT2D eigenvalue weighted by molar-refractivity contribution is -0.383. The molecule has 158 valence electrons. The molecule has 3 aromatic carbocycles. The number of hydrogen-bond donors (Lipinski definition) is 1. The Hall–Kier alpha value is -3.91. The third-order valence-electron chi connectivity index (χ3n) is 4.11. The molecule has 0 spiro atoms. The summed E-state index contributed by atoms with van der Waals surface area (Å²) in [6, 6.07) is 19.7. The van der Waals surface area contributed by atoms with E-state index in [-0.39, 0.29) is 28.6 Å². The molecule has 3 aromatic rings. The second-order valence-corrected chi connectivity index (χ2v) is 6.75. The predicted octanol–water partition coefficient (Wildman–Crippen LogP) is 4.62. The van der Waals surface area contributed by atoms with Crippen molar-refractivity contribution < 1.29 is 24.0 Å². The fourth-order valence-corrected chi connectivity index (χ4v) is 2.82. The molecular weight excluding hydrogens is 424 g/mol. The van der Waals surface area contributed by atoms with Crippen molar-refractivity contribution in [3.8, 4) is 5.75 Å². The minimum absolute atomic E-state index is 0.0537. The zero-order chi connectivity index (χ0) is 22.2. The number of amides is 1. The number of ether oxygens (including phenoxy) is 2. The number of carbonyl (C=O) groups excluding carboxylic acids is 2. The Morgan fingerprint density at radius 3 is 2.45 bits per heavy atom. The molecule has 0 aromatic heterocycles. The van der Waals surface area contributed by atoms with Crippen LogP contribution in [0.4, 0.5) is 11.4 Å². The molecule has 1 amide bonds. The average molecular weight is 441 g/mol. The van der Waals surface area contributed by atoms with Gasteiger partial charge in [-0.2, -0.15) is 0 Å². The van der Waals surface area contributed by atoms with Crippen LogP contribution in [0.25, 0.3) is 0 Å². The molecule has 0 unspecified atom stereocenters. The van der Waals surface area contributed by atoms with Crippen molar-refractivity contribution in [3.05, 3.63) is 99.1 Å². The molecule has 0 heterocycles. The standard InChI is InChI=1S/C22H17ClN2O6/c23-16-10-11-18(19(12-16)25(28)29)24-21(26)14-31-22(27)17-8-4-5-9-20(17)30-13-15-6-2-1-3-7-15/h1-12H,13-14H2,(H,24,26). The number of rotatable bonds is 8. The molecule has 0 saturated carbocycles. The van der Waals surface area contributed by atoms with E-state index in [0.717, 1.165) is 11.6 Å². The highest BCUT2D eigenvalue weighted by molar-refractivity contribution is 6.31. The number of benzene rings is 3. The highest BCUT2D eigenvalue weighted by Crippen LogP contribution is 2.27. The zero-order valence-electron chi connectivity index (χ0n) is 16.1. The van der Waals surface area contributed by atoms with Gasteiger partial charge in [-0.1, -0.05) is 54.1 Å². The smallest absolute Gasteiger partial charge is 0.342 e. The Kier molecular flexibility index (Phi) is 7.18. The van der Waals surface area contributed by atoms with Gasteiger partial charge in [0.2, 0.25) is 0 Å². The largest absolute Gasteiger partial charge is 0.488 e. The van der Waals surface area contributed by atoms with Crippen molar-refractivity contribution >= 4 is 34.9 Å². The molecule has 0 radical (unpaired) electrons. The molecule has 8 nitrogen and oxygen atoms in total. The van der Waals surface area contributed by atoms with Crippen molar-refractivity contribution in [1.82, 2.24) is 0 Å². The average Bonchev–Trinajstić information content (AvgIpc) is 2.78. The zero-order valence-corrected chi connectivity index (χ0v) is 16.9. The molecule has 31 heavy (non-hydrogen) atoms. The third-order valence-corrected chi connectivity index (χ3v) is 4.34. The summed E-state index contributed by atoms with van der Waals surface area (Å²) >= 11 is 5.75. The van der Waals surface area contributed by atoms with E-state index in [0.29, 0.717) is 5.75 Å². The van der Waals surface area contributed by atoms with E-state index in [9.17, 15) is 19.7 Å². The van der Waals surface area contributed by atoms with Gasteiger partial charge in [0.05, 0.1) is 4.92 Å². The van der Waals surface area contributed by atoms with Crippen LogP contribution in [0.5, 0.6) is 5.75 Å². The molecule has 0 aliphatic carbocycles. The van der Waals surface area contributed by atoms with Gasteiger partial charge in [-0.25, -0.2) is 4.79 Å². The first-order valence-electron chi connectivity index (χ1n) is 9.10. The first kappa shape index (κ1) is 21.8. The maximum atomic E-state index is 12.4. The molecule has 9 heteroatoms. The van der Waals surface area contributed by atoms with E-state index in [4.69, 9.17) is 21.1 Å². The molecule has 0 fully saturated rings.